The number of hydrogen-bond acceptors (Lipinski definition) is 2. The molecule has 0 aromatic carbocycles. The third-order valence-electron chi connectivity index (χ3n) is 2.79. The van der Waals surface area contributed by atoms with E-state index >= 15 is 0 Å². The van der Waals surface area contributed by atoms with E-state index in [-0.39, 0.29) is 6.10 Å². The average molecular weight is 202 g/mol. The highest BCUT2D eigenvalue weighted by atomic mass is 16.5. The minimum absolute atomic E-state index is 0.125. The molecule has 0 spiro atoms. The molecule has 0 saturated carbocycles. The van der Waals surface area contributed by atoms with Crippen LogP contribution in [0.25, 0.3) is 0 Å². The van der Waals surface area contributed by atoms with Gasteiger partial charge >= 0.3 is 0 Å². The second-order valence-corrected chi connectivity index (χ2v) is 3.91. The van der Waals surface area contributed by atoms with Crippen molar-refractivity contribution >= 4 is 0 Å². The summed E-state index contributed by atoms with van der Waals surface area (Å²) < 4.78 is 5.23. The van der Waals surface area contributed by atoms with E-state index in [0.717, 1.165) is 32.5 Å². The fourth-order valence-corrected chi connectivity index (χ4v) is 1.69. The molecule has 2 nitrogen and oxygen atoms in total. The van der Waals surface area contributed by atoms with Crippen LogP contribution >= 0.6 is 0 Å². The Hall–Kier alpha value is -0.0800. The SMILES string of the molecule is CCOCCCC(O)CC(CC)CC. The Morgan fingerprint density at radius 1 is 1.14 bits per heavy atom. The predicted molar refractivity (Wildman–Crippen MR) is 60.4 cm³/mol. The van der Waals surface area contributed by atoms with E-state index in [1.165, 1.54) is 12.8 Å². The van der Waals surface area contributed by atoms with Crippen LogP contribution in [0.1, 0.15) is 52.9 Å². The lowest BCUT2D eigenvalue weighted by Crippen LogP contribution is -2.13. The topological polar surface area (TPSA) is 29.5 Å². The molecule has 0 aliphatic rings. The third-order valence-corrected chi connectivity index (χ3v) is 2.79. The molecule has 14 heavy (non-hydrogen) atoms. The van der Waals surface area contributed by atoms with Gasteiger partial charge in [-0.05, 0) is 32.1 Å². The second-order valence-electron chi connectivity index (χ2n) is 3.91. The molecule has 86 valence electrons. The van der Waals surface area contributed by atoms with Gasteiger partial charge in [0.25, 0.3) is 0 Å². The Morgan fingerprint density at radius 3 is 2.29 bits per heavy atom. The monoisotopic (exact) mass is 202 g/mol. The zero-order valence-corrected chi connectivity index (χ0v) is 9.96. The quantitative estimate of drug-likeness (QED) is 0.582. The van der Waals surface area contributed by atoms with Gasteiger partial charge in [-0.1, -0.05) is 26.7 Å². The van der Waals surface area contributed by atoms with Crippen molar-refractivity contribution in [1.82, 2.24) is 0 Å². The van der Waals surface area contributed by atoms with Crippen molar-refractivity contribution in [2.45, 2.75) is 59.0 Å². The van der Waals surface area contributed by atoms with Crippen LogP contribution in [-0.4, -0.2) is 24.4 Å². The Labute approximate surface area is 88.7 Å². The fourth-order valence-electron chi connectivity index (χ4n) is 1.69. The van der Waals surface area contributed by atoms with E-state index in [1.807, 2.05) is 6.92 Å². The molecule has 0 aliphatic carbocycles. The van der Waals surface area contributed by atoms with Crippen molar-refractivity contribution in [1.29, 1.82) is 0 Å². The first kappa shape index (κ1) is 13.9. The predicted octanol–water partition coefficient (Wildman–Crippen LogP) is 2.99. The summed E-state index contributed by atoms with van der Waals surface area (Å²) in [5, 5.41) is 9.73. The summed E-state index contributed by atoms with van der Waals surface area (Å²) >= 11 is 0. The lowest BCUT2D eigenvalue weighted by atomic mass is 9.94. The van der Waals surface area contributed by atoms with Gasteiger partial charge in [0.2, 0.25) is 0 Å². The minimum atomic E-state index is -0.125. The highest BCUT2D eigenvalue weighted by Gasteiger charge is 2.10. The Bertz CT molecular complexity index is 111. The van der Waals surface area contributed by atoms with Crippen LogP contribution in [0.5, 0.6) is 0 Å². The molecule has 0 amide bonds. The number of hydrogen-bond donors (Lipinski definition) is 1. The van der Waals surface area contributed by atoms with Crippen LogP contribution in [0.15, 0.2) is 0 Å². The first-order valence-corrected chi connectivity index (χ1v) is 6.00. The smallest absolute Gasteiger partial charge is 0.0543 e. The molecule has 2 heteroatoms. The van der Waals surface area contributed by atoms with Crippen LogP contribution in [-0.2, 0) is 4.74 Å². The molecule has 1 unspecified atom stereocenters. The minimum Gasteiger partial charge on any atom is -0.393 e. The number of aliphatic hydroxyl groups is 1. The maximum atomic E-state index is 9.73. The van der Waals surface area contributed by atoms with Crippen LogP contribution in [0.3, 0.4) is 0 Å². The largest absolute Gasteiger partial charge is 0.393 e. The first-order valence-electron chi connectivity index (χ1n) is 6.00. The van der Waals surface area contributed by atoms with Gasteiger partial charge in [0.05, 0.1) is 6.10 Å². The van der Waals surface area contributed by atoms with Gasteiger partial charge in [0.15, 0.2) is 0 Å². The summed E-state index contributed by atoms with van der Waals surface area (Å²) in [6.45, 7) is 7.96. The van der Waals surface area contributed by atoms with E-state index in [1.54, 1.807) is 0 Å². The summed E-state index contributed by atoms with van der Waals surface area (Å²) in [6.07, 6.45) is 5.06. The lowest BCUT2D eigenvalue weighted by Gasteiger charge is -2.17. The Balaban J connectivity index is 3.38. The van der Waals surface area contributed by atoms with E-state index in [2.05, 4.69) is 13.8 Å². The Kier molecular flexibility index (Phi) is 9.42. The molecular weight excluding hydrogens is 176 g/mol. The zero-order chi connectivity index (χ0) is 10.8. The zero-order valence-electron chi connectivity index (χ0n) is 9.96. The summed E-state index contributed by atoms with van der Waals surface area (Å²) in [5.41, 5.74) is 0. The van der Waals surface area contributed by atoms with Crippen LogP contribution in [0.4, 0.5) is 0 Å². The standard InChI is InChI=1S/C12H26O2/c1-4-11(5-2)10-12(13)8-7-9-14-6-3/h11-13H,4-10H2,1-3H3. The van der Waals surface area contributed by atoms with Gasteiger partial charge in [0, 0.05) is 13.2 Å². The van der Waals surface area contributed by atoms with Gasteiger partial charge < -0.3 is 9.84 Å². The fraction of sp³-hybridized carbons (Fsp3) is 1.00. The lowest BCUT2D eigenvalue weighted by molar-refractivity contribution is 0.0991. The molecular formula is C12H26O2. The second kappa shape index (κ2) is 9.47. The maximum Gasteiger partial charge on any atom is 0.0543 e. The van der Waals surface area contributed by atoms with E-state index in [9.17, 15) is 5.11 Å². The normalized spacial score (nSPS) is 13.5. The van der Waals surface area contributed by atoms with Crippen molar-refractivity contribution in [3.63, 3.8) is 0 Å². The highest BCUT2D eigenvalue weighted by molar-refractivity contribution is 4.63. The molecule has 0 aliphatic heterocycles. The molecule has 1 N–H and O–H groups in total. The average Bonchev–Trinajstić information content (AvgIpc) is 2.21. The van der Waals surface area contributed by atoms with Gasteiger partial charge in [0.1, 0.15) is 0 Å². The van der Waals surface area contributed by atoms with Crippen molar-refractivity contribution < 1.29 is 9.84 Å². The van der Waals surface area contributed by atoms with Crippen LogP contribution in [0.2, 0.25) is 0 Å². The van der Waals surface area contributed by atoms with Gasteiger partial charge in [-0.2, -0.15) is 0 Å². The molecule has 1 atom stereocenters. The van der Waals surface area contributed by atoms with Crippen LogP contribution in [0, 0.1) is 5.92 Å². The number of rotatable bonds is 9. The van der Waals surface area contributed by atoms with Crippen molar-refractivity contribution in [3.05, 3.63) is 0 Å². The number of ether oxygens (including phenoxy) is 1. The molecule has 0 saturated heterocycles. The molecule has 0 heterocycles. The first-order chi connectivity index (χ1) is 6.74. The molecule has 0 bridgehead atoms. The van der Waals surface area contributed by atoms with Gasteiger partial charge in [-0.15, -0.1) is 0 Å². The molecule has 0 rings (SSSR count). The number of aliphatic hydroxyl groups excluding tert-OH is 1. The van der Waals surface area contributed by atoms with Crippen molar-refractivity contribution in [2.75, 3.05) is 13.2 Å². The van der Waals surface area contributed by atoms with E-state index in [0.29, 0.717) is 5.92 Å². The van der Waals surface area contributed by atoms with E-state index in [4.69, 9.17) is 4.74 Å². The summed E-state index contributed by atoms with van der Waals surface area (Å²) in [5.74, 6) is 0.692. The third kappa shape index (κ3) is 7.34. The summed E-state index contributed by atoms with van der Waals surface area (Å²) in [4.78, 5) is 0. The molecule has 0 aromatic heterocycles. The summed E-state index contributed by atoms with van der Waals surface area (Å²) in [6, 6.07) is 0. The van der Waals surface area contributed by atoms with E-state index < -0.39 is 0 Å². The van der Waals surface area contributed by atoms with Crippen molar-refractivity contribution in [2.24, 2.45) is 5.92 Å². The molecule has 0 fully saturated rings. The van der Waals surface area contributed by atoms with Crippen LogP contribution < -0.4 is 0 Å². The maximum absolute atomic E-state index is 9.73. The van der Waals surface area contributed by atoms with Crippen molar-refractivity contribution in [3.8, 4) is 0 Å². The van der Waals surface area contributed by atoms with Gasteiger partial charge in [-0.25, -0.2) is 0 Å². The Morgan fingerprint density at radius 2 is 1.79 bits per heavy atom. The highest BCUT2D eigenvalue weighted by Crippen LogP contribution is 2.17. The molecule has 0 aromatic rings. The van der Waals surface area contributed by atoms with Gasteiger partial charge in [-0.3, -0.25) is 0 Å². The summed E-state index contributed by atoms with van der Waals surface area (Å²) in [7, 11) is 0. The molecule has 0 radical (unpaired) electrons.